The fraction of sp³-hybridized carbons (Fsp3) is 0.714. The van der Waals surface area contributed by atoms with Crippen LogP contribution in [0.25, 0.3) is 0 Å². The summed E-state index contributed by atoms with van der Waals surface area (Å²) in [6.07, 6.45) is 2.21. The van der Waals surface area contributed by atoms with Gasteiger partial charge in [-0.05, 0) is 27.2 Å². The quantitative estimate of drug-likeness (QED) is 0.438. The number of hydroxylamine groups is 1. The van der Waals surface area contributed by atoms with E-state index in [0.717, 1.165) is 6.42 Å². The fourth-order valence-electron chi connectivity index (χ4n) is 1.52. The van der Waals surface area contributed by atoms with Gasteiger partial charge in [0, 0.05) is 6.92 Å². The Balaban J connectivity index is 4.72. The standard InChI is InChI=1S/C14H25NO4/c1-7-9-11(12(8-2)18-10(3)16)13(17)15-19-14(4,5)6/h8,11-12H,2,7,9H2,1,3-6H3,(H,15,17)/t11-,12-/m1/s1. The molecule has 2 atom stereocenters. The molecule has 0 aliphatic carbocycles. The fourth-order valence-corrected chi connectivity index (χ4v) is 1.52. The van der Waals surface area contributed by atoms with E-state index in [1.807, 2.05) is 27.7 Å². The van der Waals surface area contributed by atoms with Crippen LogP contribution in [-0.2, 0) is 19.2 Å². The van der Waals surface area contributed by atoms with Crippen LogP contribution in [0.2, 0.25) is 0 Å². The van der Waals surface area contributed by atoms with Crippen LogP contribution < -0.4 is 5.48 Å². The van der Waals surface area contributed by atoms with E-state index in [1.54, 1.807) is 0 Å². The number of esters is 1. The Morgan fingerprint density at radius 3 is 2.32 bits per heavy atom. The van der Waals surface area contributed by atoms with Crippen LogP contribution in [-0.4, -0.2) is 23.6 Å². The highest BCUT2D eigenvalue weighted by atomic mass is 16.7. The van der Waals surface area contributed by atoms with Gasteiger partial charge in [0.25, 0.3) is 5.91 Å². The number of hydrogen-bond donors (Lipinski definition) is 1. The summed E-state index contributed by atoms with van der Waals surface area (Å²) in [7, 11) is 0. The molecule has 0 aromatic heterocycles. The summed E-state index contributed by atoms with van der Waals surface area (Å²) in [6, 6.07) is 0. The molecule has 0 saturated carbocycles. The molecule has 0 aromatic rings. The average molecular weight is 271 g/mol. The molecule has 0 unspecified atom stereocenters. The van der Waals surface area contributed by atoms with Crippen LogP contribution in [0, 0.1) is 5.92 Å². The van der Waals surface area contributed by atoms with Crippen molar-refractivity contribution in [2.75, 3.05) is 0 Å². The molecule has 0 heterocycles. The van der Waals surface area contributed by atoms with Gasteiger partial charge >= 0.3 is 5.97 Å². The van der Waals surface area contributed by atoms with Crippen LogP contribution in [0.3, 0.4) is 0 Å². The van der Waals surface area contributed by atoms with Gasteiger partial charge in [-0.2, -0.15) is 0 Å². The molecular weight excluding hydrogens is 246 g/mol. The number of nitrogens with one attached hydrogen (secondary N) is 1. The zero-order valence-electron chi connectivity index (χ0n) is 12.5. The average Bonchev–Trinajstić information content (AvgIpc) is 2.29. The van der Waals surface area contributed by atoms with Crippen molar-refractivity contribution in [2.45, 2.75) is 59.2 Å². The van der Waals surface area contributed by atoms with Crippen LogP contribution in [0.15, 0.2) is 12.7 Å². The van der Waals surface area contributed by atoms with Gasteiger partial charge in [0.05, 0.1) is 11.5 Å². The zero-order valence-corrected chi connectivity index (χ0v) is 12.5. The molecule has 1 amide bonds. The molecular formula is C14H25NO4. The number of hydrogen-bond acceptors (Lipinski definition) is 4. The monoisotopic (exact) mass is 271 g/mol. The van der Waals surface area contributed by atoms with Crippen molar-refractivity contribution < 1.29 is 19.2 Å². The summed E-state index contributed by atoms with van der Waals surface area (Å²) in [5.41, 5.74) is 1.94. The summed E-state index contributed by atoms with van der Waals surface area (Å²) in [4.78, 5) is 28.4. The maximum absolute atomic E-state index is 12.1. The molecule has 0 saturated heterocycles. The first-order valence-electron chi connectivity index (χ1n) is 6.49. The van der Waals surface area contributed by atoms with Crippen molar-refractivity contribution in [1.29, 1.82) is 0 Å². The Hall–Kier alpha value is -1.36. The van der Waals surface area contributed by atoms with E-state index < -0.39 is 23.6 Å². The van der Waals surface area contributed by atoms with Gasteiger partial charge in [-0.3, -0.25) is 14.4 Å². The van der Waals surface area contributed by atoms with Gasteiger partial charge in [0.15, 0.2) is 0 Å². The van der Waals surface area contributed by atoms with E-state index in [2.05, 4.69) is 12.1 Å². The van der Waals surface area contributed by atoms with Crippen molar-refractivity contribution >= 4 is 11.9 Å². The van der Waals surface area contributed by atoms with Crippen molar-refractivity contribution in [3.05, 3.63) is 12.7 Å². The van der Waals surface area contributed by atoms with Gasteiger partial charge in [-0.25, -0.2) is 5.48 Å². The number of carbonyl (C=O) groups excluding carboxylic acids is 2. The van der Waals surface area contributed by atoms with Crippen molar-refractivity contribution in [3.63, 3.8) is 0 Å². The van der Waals surface area contributed by atoms with E-state index in [0.29, 0.717) is 6.42 Å². The van der Waals surface area contributed by atoms with Gasteiger partial charge in [-0.15, -0.1) is 0 Å². The topological polar surface area (TPSA) is 64.6 Å². The highest BCUT2D eigenvalue weighted by Crippen LogP contribution is 2.17. The minimum atomic E-state index is -0.638. The molecule has 0 aliphatic rings. The van der Waals surface area contributed by atoms with Gasteiger partial charge in [-0.1, -0.05) is 26.0 Å². The molecule has 5 nitrogen and oxygen atoms in total. The van der Waals surface area contributed by atoms with Crippen molar-refractivity contribution in [1.82, 2.24) is 5.48 Å². The maximum Gasteiger partial charge on any atom is 0.303 e. The lowest BCUT2D eigenvalue weighted by atomic mass is 9.96. The smallest absolute Gasteiger partial charge is 0.303 e. The van der Waals surface area contributed by atoms with Gasteiger partial charge < -0.3 is 4.74 Å². The Kier molecular flexibility index (Phi) is 7.37. The first kappa shape index (κ1) is 17.6. The predicted octanol–water partition coefficient (Wildman–Crippen LogP) is 2.37. The second-order valence-electron chi connectivity index (χ2n) is 5.39. The van der Waals surface area contributed by atoms with Crippen molar-refractivity contribution in [3.8, 4) is 0 Å². The lowest BCUT2D eigenvalue weighted by Gasteiger charge is -2.25. The molecule has 0 rings (SSSR count). The summed E-state index contributed by atoms with van der Waals surface area (Å²) in [5.74, 6) is -1.23. The highest BCUT2D eigenvalue weighted by Gasteiger charge is 2.29. The predicted molar refractivity (Wildman–Crippen MR) is 73.1 cm³/mol. The van der Waals surface area contributed by atoms with Crippen molar-refractivity contribution in [2.24, 2.45) is 5.92 Å². The molecule has 0 spiro atoms. The Bertz CT molecular complexity index is 320. The number of carbonyl (C=O) groups is 2. The molecule has 0 aromatic carbocycles. The second-order valence-corrected chi connectivity index (χ2v) is 5.39. The molecule has 0 radical (unpaired) electrons. The Morgan fingerprint density at radius 1 is 1.37 bits per heavy atom. The normalized spacial score (nSPS) is 14.4. The van der Waals surface area contributed by atoms with E-state index in [9.17, 15) is 9.59 Å². The maximum atomic E-state index is 12.1. The lowest BCUT2D eigenvalue weighted by molar-refractivity contribution is -0.158. The minimum absolute atomic E-state index is 0.303. The van der Waals surface area contributed by atoms with E-state index in [4.69, 9.17) is 9.57 Å². The third-order valence-corrected chi connectivity index (χ3v) is 2.33. The zero-order chi connectivity index (χ0) is 15.1. The lowest BCUT2D eigenvalue weighted by Crippen LogP contribution is -2.42. The molecule has 0 fully saturated rings. The number of ether oxygens (including phenoxy) is 1. The highest BCUT2D eigenvalue weighted by molar-refractivity contribution is 5.79. The van der Waals surface area contributed by atoms with Gasteiger partial charge in [0.1, 0.15) is 6.10 Å². The second kappa shape index (κ2) is 7.94. The first-order valence-corrected chi connectivity index (χ1v) is 6.49. The molecule has 0 bridgehead atoms. The van der Waals surface area contributed by atoms with E-state index in [-0.39, 0.29) is 5.91 Å². The summed E-state index contributed by atoms with van der Waals surface area (Å²) < 4.78 is 5.09. The largest absolute Gasteiger partial charge is 0.457 e. The number of rotatable bonds is 7. The summed E-state index contributed by atoms with van der Waals surface area (Å²) in [5, 5.41) is 0. The molecule has 19 heavy (non-hydrogen) atoms. The Labute approximate surface area is 115 Å². The molecule has 0 aliphatic heterocycles. The van der Waals surface area contributed by atoms with Gasteiger partial charge in [0.2, 0.25) is 0 Å². The third kappa shape index (κ3) is 7.62. The molecule has 5 heteroatoms. The molecule has 1 N–H and O–H groups in total. The number of amides is 1. The van der Waals surface area contributed by atoms with Crippen LogP contribution in [0.4, 0.5) is 0 Å². The first-order chi connectivity index (χ1) is 8.71. The van der Waals surface area contributed by atoms with E-state index in [1.165, 1.54) is 13.0 Å². The molecule has 110 valence electrons. The summed E-state index contributed by atoms with van der Waals surface area (Å²) in [6.45, 7) is 12.4. The SMILES string of the molecule is C=C[C@@H](OC(C)=O)[C@@H](CCC)C(=O)NOC(C)(C)C. The minimum Gasteiger partial charge on any atom is -0.457 e. The van der Waals surface area contributed by atoms with E-state index >= 15 is 0 Å². The summed E-state index contributed by atoms with van der Waals surface area (Å²) >= 11 is 0. The van der Waals surface area contributed by atoms with Crippen LogP contribution in [0.1, 0.15) is 47.5 Å². The Morgan fingerprint density at radius 2 is 1.95 bits per heavy atom. The third-order valence-electron chi connectivity index (χ3n) is 2.33. The van der Waals surface area contributed by atoms with Crippen LogP contribution in [0.5, 0.6) is 0 Å². The van der Waals surface area contributed by atoms with Crippen LogP contribution >= 0.6 is 0 Å².